The summed E-state index contributed by atoms with van der Waals surface area (Å²) in [5, 5.41) is 5.91. The molecular weight excluding hydrogens is 322 g/mol. The average Bonchev–Trinajstić information content (AvgIpc) is 3.12. The molecule has 0 amide bonds. The Morgan fingerprint density at radius 2 is 2.21 bits per heavy atom. The Hall–Kier alpha value is -2.18. The molecule has 0 fully saturated rings. The monoisotopic (exact) mass is 343 g/mol. The van der Waals surface area contributed by atoms with Crippen LogP contribution in [0.15, 0.2) is 46.8 Å². The van der Waals surface area contributed by atoms with Crippen molar-refractivity contribution in [3.63, 3.8) is 0 Å². The SMILES string of the molecule is CCNCC[C@H](Oc1cccc2ncn(C)c(=O)c12)c1cccs1. The van der Waals surface area contributed by atoms with Gasteiger partial charge in [0, 0.05) is 18.3 Å². The van der Waals surface area contributed by atoms with Gasteiger partial charge in [-0.2, -0.15) is 0 Å². The first-order chi connectivity index (χ1) is 11.7. The summed E-state index contributed by atoms with van der Waals surface area (Å²) < 4.78 is 7.75. The molecule has 1 atom stereocenters. The van der Waals surface area contributed by atoms with Crippen molar-refractivity contribution in [1.82, 2.24) is 14.9 Å². The molecule has 0 aliphatic carbocycles. The van der Waals surface area contributed by atoms with E-state index in [1.807, 2.05) is 29.6 Å². The molecule has 3 rings (SSSR count). The van der Waals surface area contributed by atoms with Gasteiger partial charge < -0.3 is 14.6 Å². The van der Waals surface area contributed by atoms with Crippen molar-refractivity contribution in [3.8, 4) is 5.75 Å². The third-order valence-electron chi connectivity index (χ3n) is 3.87. The molecule has 0 spiro atoms. The van der Waals surface area contributed by atoms with Gasteiger partial charge in [-0.1, -0.05) is 19.1 Å². The van der Waals surface area contributed by atoms with Gasteiger partial charge in [0.1, 0.15) is 17.2 Å². The third kappa shape index (κ3) is 3.49. The summed E-state index contributed by atoms with van der Waals surface area (Å²) >= 11 is 1.67. The van der Waals surface area contributed by atoms with Crippen LogP contribution >= 0.6 is 11.3 Å². The molecule has 0 saturated heterocycles. The highest BCUT2D eigenvalue weighted by Crippen LogP contribution is 2.30. The Morgan fingerprint density at radius 1 is 1.33 bits per heavy atom. The lowest BCUT2D eigenvalue weighted by molar-refractivity contribution is 0.200. The van der Waals surface area contributed by atoms with Gasteiger partial charge in [-0.05, 0) is 36.7 Å². The van der Waals surface area contributed by atoms with Crippen molar-refractivity contribution in [1.29, 1.82) is 0 Å². The lowest BCUT2D eigenvalue weighted by atomic mass is 10.2. The quantitative estimate of drug-likeness (QED) is 0.670. The smallest absolute Gasteiger partial charge is 0.264 e. The zero-order chi connectivity index (χ0) is 16.9. The molecule has 0 aliphatic heterocycles. The molecular formula is C18H21N3O2S. The summed E-state index contributed by atoms with van der Waals surface area (Å²) in [5.41, 5.74) is 0.569. The molecule has 6 heteroatoms. The molecule has 0 radical (unpaired) electrons. The number of ether oxygens (including phenoxy) is 1. The second-order valence-corrected chi connectivity index (χ2v) is 6.55. The largest absolute Gasteiger partial charge is 0.484 e. The van der Waals surface area contributed by atoms with Crippen molar-refractivity contribution >= 4 is 22.2 Å². The van der Waals surface area contributed by atoms with Gasteiger partial charge in [0.25, 0.3) is 5.56 Å². The van der Waals surface area contributed by atoms with Gasteiger partial charge in [0.05, 0.1) is 11.8 Å². The number of fused-ring (bicyclic) bond motifs is 1. The van der Waals surface area contributed by atoms with E-state index < -0.39 is 0 Å². The van der Waals surface area contributed by atoms with Crippen molar-refractivity contribution < 1.29 is 4.74 Å². The first-order valence-electron chi connectivity index (χ1n) is 8.06. The van der Waals surface area contributed by atoms with Crippen LogP contribution < -0.4 is 15.6 Å². The fourth-order valence-corrected chi connectivity index (χ4v) is 3.40. The number of hydrogen-bond donors (Lipinski definition) is 1. The Bertz CT molecular complexity index is 858. The van der Waals surface area contributed by atoms with Crippen molar-refractivity contribution in [2.45, 2.75) is 19.4 Å². The van der Waals surface area contributed by atoms with Crippen LogP contribution in [0, 0.1) is 0 Å². The summed E-state index contributed by atoms with van der Waals surface area (Å²) in [6.45, 7) is 3.87. The van der Waals surface area contributed by atoms with E-state index in [9.17, 15) is 4.79 Å². The second kappa shape index (κ2) is 7.59. The maximum Gasteiger partial charge on any atom is 0.264 e. The predicted octanol–water partition coefficient (Wildman–Crippen LogP) is 3.11. The van der Waals surface area contributed by atoms with E-state index in [2.05, 4.69) is 23.3 Å². The maximum atomic E-state index is 12.5. The molecule has 1 aromatic carbocycles. The molecule has 126 valence electrons. The van der Waals surface area contributed by atoms with Crippen LogP contribution in [0.25, 0.3) is 10.9 Å². The van der Waals surface area contributed by atoms with E-state index in [0.717, 1.165) is 24.4 Å². The number of rotatable bonds is 7. The minimum atomic E-state index is -0.0905. The summed E-state index contributed by atoms with van der Waals surface area (Å²) in [6, 6.07) is 9.65. The lowest BCUT2D eigenvalue weighted by Crippen LogP contribution is -2.21. The van der Waals surface area contributed by atoms with Crippen LogP contribution in [-0.4, -0.2) is 22.6 Å². The lowest BCUT2D eigenvalue weighted by Gasteiger charge is -2.19. The van der Waals surface area contributed by atoms with E-state index >= 15 is 0 Å². The summed E-state index contributed by atoms with van der Waals surface area (Å²) in [6.07, 6.45) is 2.29. The van der Waals surface area contributed by atoms with Crippen LogP contribution in [0.4, 0.5) is 0 Å². The van der Waals surface area contributed by atoms with Crippen LogP contribution in [0.5, 0.6) is 5.75 Å². The molecule has 0 aliphatic rings. The molecule has 1 N–H and O–H groups in total. The zero-order valence-electron chi connectivity index (χ0n) is 13.9. The first kappa shape index (κ1) is 16.7. The molecule has 5 nitrogen and oxygen atoms in total. The maximum absolute atomic E-state index is 12.5. The summed E-state index contributed by atoms with van der Waals surface area (Å²) in [5.74, 6) is 0.594. The van der Waals surface area contributed by atoms with E-state index in [1.54, 1.807) is 18.4 Å². The molecule has 2 aromatic heterocycles. The molecule has 0 saturated carbocycles. The van der Waals surface area contributed by atoms with Crippen LogP contribution in [0.2, 0.25) is 0 Å². The summed E-state index contributed by atoms with van der Waals surface area (Å²) in [7, 11) is 1.70. The van der Waals surface area contributed by atoms with Gasteiger partial charge in [-0.3, -0.25) is 4.79 Å². The van der Waals surface area contributed by atoms with Crippen LogP contribution in [0.1, 0.15) is 24.3 Å². The number of nitrogens with one attached hydrogen (secondary N) is 1. The molecule has 0 bridgehead atoms. The number of hydrogen-bond acceptors (Lipinski definition) is 5. The standard InChI is InChI=1S/C18H21N3O2S/c1-3-19-10-9-14(16-8-5-11-24-16)23-15-7-4-6-13-17(15)18(22)21(2)12-20-13/h4-8,11-12,14,19H,3,9-10H2,1-2H3/t14-/m0/s1. The van der Waals surface area contributed by atoms with Gasteiger partial charge >= 0.3 is 0 Å². The van der Waals surface area contributed by atoms with Gasteiger partial charge in [-0.15, -0.1) is 11.3 Å². The number of aryl methyl sites for hydroxylation is 1. The Kier molecular flexibility index (Phi) is 5.27. The molecule has 24 heavy (non-hydrogen) atoms. The highest BCUT2D eigenvalue weighted by atomic mass is 32.1. The predicted molar refractivity (Wildman–Crippen MR) is 97.8 cm³/mol. The van der Waals surface area contributed by atoms with E-state index in [0.29, 0.717) is 16.7 Å². The second-order valence-electron chi connectivity index (χ2n) is 5.58. The van der Waals surface area contributed by atoms with Crippen molar-refractivity contribution in [3.05, 3.63) is 57.3 Å². The van der Waals surface area contributed by atoms with Crippen LogP contribution in [-0.2, 0) is 7.05 Å². The average molecular weight is 343 g/mol. The van der Waals surface area contributed by atoms with E-state index in [-0.39, 0.29) is 11.7 Å². The van der Waals surface area contributed by atoms with E-state index in [4.69, 9.17) is 4.74 Å². The fourth-order valence-electron chi connectivity index (χ4n) is 2.61. The van der Waals surface area contributed by atoms with Gasteiger partial charge in [0.2, 0.25) is 0 Å². The molecule has 2 heterocycles. The highest BCUT2D eigenvalue weighted by molar-refractivity contribution is 7.10. The number of aromatic nitrogens is 2. The van der Waals surface area contributed by atoms with Crippen molar-refractivity contribution in [2.24, 2.45) is 7.05 Å². The van der Waals surface area contributed by atoms with Crippen LogP contribution in [0.3, 0.4) is 0 Å². The van der Waals surface area contributed by atoms with E-state index in [1.165, 1.54) is 10.9 Å². The number of thiophene rings is 1. The van der Waals surface area contributed by atoms with Gasteiger partial charge in [-0.25, -0.2) is 4.98 Å². The minimum Gasteiger partial charge on any atom is -0.484 e. The number of nitrogens with zero attached hydrogens (tertiary/aromatic N) is 2. The van der Waals surface area contributed by atoms with Crippen molar-refractivity contribution in [2.75, 3.05) is 13.1 Å². The molecule has 0 unspecified atom stereocenters. The van der Waals surface area contributed by atoms with Gasteiger partial charge in [0.15, 0.2) is 0 Å². The minimum absolute atomic E-state index is 0.0837. The Labute approximate surface area is 144 Å². The highest BCUT2D eigenvalue weighted by Gasteiger charge is 2.17. The first-order valence-corrected chi connectivity index (χ1v) is 8.93. The topological polar surface area (TPSA) is 56.1 Å². The number of benzene rings is 1. The zero-order valence-corrected chi connectivity index (χ0v) is 14.7. The third-order valence-corrected chi connectivity index (χ3v) is 4.84. The fraction of sp³-hybridized carbons (Fsp3) is 0.333. The normalized spacial score (nSPS) is 12.4. The Morgan fingerprint density at radius 3 is 2.96 bits per heavy atom. The summed E-state index contributed by atoms with van der Waals surface area (Å²) in [4.78, 5) is 18.0. The Balaban J connectivity index is 1.96. The molecule has 3 aromatic rings.